The summed E-state index contributed by atoms with van der Waals surface area (Å²) in [5.74, 6) is -0.226. The Balaban J connectivity index is 4.13. The first-order valence-electron chi connectivity index (χ1n) is 17.3. The highest BCUT2D eigenvalue weighted by Gasteiger charge is 2.22. The Hall–Kier alpha value is -2.03. The van der Waals surface area contributed by atoms with Gasteiger partial charge in [-0.15, -0.1) is 0 Å². The molecule has 0 heterocycles. The summed E-state index contributed by atoms with van der Waals surface area (Å²) in [5.41, 5.74) is 0. The molecule has 0 radical (unpaired) electrons. The fourth-order valence-electron chi connectivity index (χ4n) is 4.45. The third-order valence-corrected chi connectivity index (χ3v) is 7.53. The minimum Gasteiger partial charge on any atom is -0.462 e. The molecule has 0 aliphatic carbocycles. The number of rotatable bonds is 30. The molecule has 0 aromatic rings. The molecular weight excluding hydrogens is 607 g/mol. The number of unbranched alkanes of at least 4 members (excludes halogenated alkanes) is 8. The van der Waals surface area contributed by atoms with E-state index in [0.29, 0.717) is 19.3 Å². The number of aliphatic hydroxyl groups is 1. The fraction of sp³-hybridized carbons (Fsp3) is 0.722. The zero-order valence-corrected chi connectivity index (χ0v) is 29.6. The number of aliphatic hydroxyl groups excluding tert-OH is 1. The number of phosphoric acid groups is 1. The van der Waals surface area contributed by atoms with Crippen molar-refractivity contribution in [3.63, 3.8) is 0 Å². The number of hydrogen-bond acceptors (Lipinski definition) is 7. The van der Waals surface area contributed by atoms with E-state index in [0.717, 1.165) is 63.7 Å². The van der Waals surface area contributed by atoms with Gasteiger partial charge in [-0.2, -0.15) is 0 Å². The van der Waals surface area contributed by atoms with Gasteiger partial charge in [0, 0.05) is 12.8 Å². The van der Waals surface area contributed by atoms with E-state index in [-0.39, 0.29) is 25.6 Å². The molecule has 266 valence electrons. The van der Waals surface area contributed by atoms with Crippen LogP contribution in [0.1, 0.15) is 136 Å². The van der Waals surface area contributed by atoms with Crippen LogP contribution in [0.25, 0.3) is 0 Å². The lowest BCUT2D eigenvalue weighted by atomic mass is 10.0. The van der Waals surface area contributed by atoms with Crippen LogP contribution in [0.3, 0.4) is 0 Å². The van der Waals surface area contributed by atoms with Crippen LogP contribution < -0.4 is 0 Å². The number of phosphoric ester groups is 1. The summed E-state index contributed by atoms with van der Waals surface area (Å²) in [4.78, 5) is 42.5. The van der Waals surface area contributed by atoms with Crippen molar-refractivity contribution in [3.05, 3.63) is 48.6 Å². The molecule has 2 atom stereocenters. The Labute approximate surface area is 278 Å². The van der Waals surface area contributed by atoms with Crippen molar-refractivity contribution < 1.29 is 43.0 Å². The Bertz CT molecular complexity index is 918. The lowest BCUT2D eigenvalue weighted by Crippen LogP contribution is -2.29. The Morgan fingerprint density at radius 3 is 1.67 bits per heavy atom. The van der Waals surface area contributed by atoms with E-state index in [1.54, 1.807) is 0 Å². The number of hydrogen-bond donors (Lipinski definition) is 3. The Morgan fingerprint density at radius 1 is 0.630 bits per heavy atom. The van der Waals surface area contributed by atoms with Gasteiger partial charge in [-0.1, -0.05) is 107 Å². The molecule has 0 aliphatic rings. The van der Waals surface area contributed by atoms with E-state index in [9.17, 15) is 19.3 Å². The summed E-state index contributed by atoms with van der Waals surface area (Å²) in [5, 5.41) is 9.23. The van der Waals surface area contributed by atoms with Gasteiger partial charge in [0.15, 0.2) is 6.10 Å². The second-order valence-electron chi connectivity index (χ2n) is 12.3. The molecule has 0 aromatic carbocycles. The van der Waals surface area contributed by atoms with Crippen LogP contribution in [-0.4, -0.2) is 52.3 Å². The van der Waals surface area contributed by atoms with Crippen molar-refractivity contribution in [1.82, 2.24) is 0 Å². The fourth-order valence-corrected chi connectivity index (χ4v) is 4.81. The van der Waals surface area contributed by atoms with Gasteiger partial charge >= 0.3 is 19.8 Å². The predicted molar refractivity (Wildman–Crippen MR) is 185 cm³/mol. The van der Waals surface area contributed by atoms with Crippen LogP contribution in [-0.2, 0) is 28.2 Å². The predicted octanol–water partition coefficient (Wildman–Crippen LogP) is 8.83. The summed E-state index contributed by atoms with van der Waals surface area (Å²) in [7, 11) is -4.77. The third kappa shape index (κ3) is 34.8. The Morgan fingerprint density at radius 2 is 1.13 bits per heavy atom. The first kappa shape index (κ1) is 44.0. The summed E-state index contributed by atoms with van der Waals surface area (Å²) in [6, 6.07) is 0. The van der Waals surface area contributed by atoms with Gasteiger partial charge in [-0.05, 0) is 70.6 Å². The zero-order valence-electron chi connectivity index (χ0n) is 28.7. The summed E-state index contributed by atoms with van der Waals surface area (Å²) in [6.07, 6.45) is 31.4. The highest BCUT2D eigenvalue weighted by atomic mass is 31.2. The topological polar surface area (TPSA) is 140 Å². The van der Waals surface area contributed by atoms with E-state index in [2.05, 4.69) is 54.8 Å². The monoisotopic (exact) mass is 670 g/mol. The molecule has 0 spiro atoms. The van der Waals surface area contributed by atoms with Crippen LogP contribution in [0.5, 0.6) is 0 Å². The van der Waals surface area contributed by atoms with Gasteiger partial charge in [0.05, 0.1) is 12.7 Å². The van der Waals surface area contributed by atoms with E-state index >= 15 is 0 Å². The van der Waals surface area contributed by atoms with E-state index in [1.165, 1.54) is 25.7 Å². The molecule has 46 heavy (non-hydrogen) atoms. The van der Waals surface area contributed by atoms with Crippen molar-refractivity contribution in [2.75, 3.05) is 13.2 Å². The summed E-state index contributed by atoms with van der Waals surface area (Å²) >= 11 is 0. The maximum absolute atomic E-state index is 12.3. The second-order valence-corrected chi connectivity index (χ2v) is 13.5. The molecule has 0 unspecified atom stereocenters. The number of esters is 2. The molecule has 0 fully saturated rings. The van der Waals surface area contributed by atoms with Crippen LogP contribution in [0.2, 0.25) is 0 Å². The highest BCUT2D eigenvalue weighted by Crippen LogP contribution is 2.35. The molecule has 0 saturated carbocycles. The average molecular weight is 671 g/mol. The number of allylic oxidation sites excluding steroid dienone is 8. The second kappa shape index (κ2) is 30.3. The van der Waals surface area contributed by atoms with Crippen LogP contribution in [0.15, 0.2) is 48.6 Å². The van der Waals surface area contributed by atoms with Gasteiger partial charge in [-0.3, -0.25) is 14.1 Å². The molecule has 0 aromatic heterocycles. The highest BCUT2D eigenvalue weighted by molar-refractivity contribution is 7.46. The van der Waals surface area contributed by atoms with Crippen LogP contribution in [0.4, 0.5) is 0 Å². The van der Waals surface area contributed by atoms with E-state index < -0.39 is 32.5 Å². The lowest BCUT2D eigenvalue weighted by Gasteiger charge is -2.18. The van der Waals surface area contributed by atoms with Gasteiger partial charge in [0.1, 0.15) is 6.61 Å². The largest absolute Gasteiger partial charge is 0.469 e. The maximum atomic E-state index is 12.3. The zero-order chi connectivity index (χ0) is 34.3. The molecule has 9 nitrogen and oxygen atoms in total. The smallest absolute Gasteiger partial charge is 0.462 e. The molecule has 0 bridgehead atoms. The molecule has 0 rings (SSSR count). The molecule has 0 amide bonds. The third-order valence-electron chi connectivity index (χ3n) is 7.05. The van der Waals surface area contributed by atoms with Crippen molar-refractivity contribution in [3.8, 4) is 0 Å². The quantitative estimate of drug-likeness (QED) is 0.0296. The first-order valence-corrected chi connectivity index (χ1v) is 18.9. The van der Waals surface area contributed by atoms with Gasteiger partial charge < -0.3 is 24.4 Å². The van der Waals surface area contributed by atoms with Crippen molar-refractivity contribution in [2.24, 2.45) is 5.92 Å². The van der Waals surface area contributed by atoms with E-state index in [4.69, 9.17) is 19.3 Å². The summed E-state index contributed by atoms with van der Waals surface area (Å²) < 4.78 is 26.1. The minimum absolute atomic E-state index is 0.123. The normalized spacial score (nSPS) is 13.9. The van der Waals surface area contributed by atoms with Crippen LogP contribution in [0, 0.1) is 5.92 Å². The minimum atomic E-state index is -4.77. The maximum Gasteiger partial charge on any atom is 0.469 e. The SMILES string of the molecule is CC(C)CCCCCCCCCC(=O)OC[C@H](COP(=O)(O)O)OC(=O)CCC/C=C\C/C=C\C/C=C\C/C=C\CCC[C@H](C)O. The van der Waals surface area contributed by atoms with Crippen LogP contribution >= 0.6 is 7.82 Å². The molecular formula is C36H63O9P. The number of ether oxygens (including phenoxy) is 2. The van der Waals surface area contributed by atoms with Crippen molar-refractivity contribution in [1.29, 1.82) is 0 Å². The molecule has 0 saturated heterocycles. The van der Waals surface area contributed by atoms with Gasteiger partial charge in [0.2, 0.25) is 0 Å². The number of carbonyl (C=O) groups is 2. The molecule has 0 aliphatic heterocycles. The lowest BCUT2D eigenvalue weighted by molar-refractivity contribution is -0.161. The average Bonchev–Trinajstić information content (AvgIpc) is 2.98. The summed E-state index contributed by atoms with van der Waals surface area (Å²) in [6.45, 7) is 5.41. The Kier molecular flexibility index (Phi) is 29.0. The van der Waals surface area contributed by atoms with Crippen molar-refractivity contribution >= 4 is 19.8 Å². The molecule has 3 N–H and O–H groups in total. The van der Waals surface area contributed by atoms with Gasteiger partial charge in [-0.25, -0.2) is 4.57 Å². The molecule has 10 heteroatoms. The standard InChI is InChI=1S/C36H63O9P/c1-32(2)26-22-18-14-13-17-20-24-28-35(38)43-30-34(31-44-46(40,41)42)45-36(39)29-25-21-16-12-10-8-6-4-5-7-9-11-15-19-23-27-33(3)37/h5-8,11-12,15-16,32-34,37H,4,9-10,13-14,17-31H2,1-3H3,(H2,40,41,42)/b7-5-,8-6-,15-11-,16-12-/t33-,34+/m0/s1. The number of carbonyl (C=O) groups excluding carboxylic acids is 2. The van der Waals surface area contributed by atoms with E-state index in [1.807, 2.05) is 19.1 Å². The van der Waals surface area contributed by atoms with Gasteiger partial charge in [0.25, 0.3) is 0 Å². The van der Waals surface area contributed by atoms with Crippen molar-refractivity contribution in [2.45, 2.75) is 149 Å². The first-order chi connectivity index (χ1) is 22.0.